The number of ether oxygens (including phenoxy) is 1. The summed E-state index contributed by atoms with van der Waals surface area (Å²) in [5.41, 5.74) is 1.53. The predicted octanol–water partition coefficient (Wildman–Crippen LogP) is 2.47. The van der Waals surface area contributed by atoms with Crippen molar-refractivity contribution in [2.75, 3.05) is 27.2 Å². The number of rotatable bonds is 5. The van der Waals surface area contributed by atoms with Crippen LogP contribution >= 0.6 is 0 Å². The van der Waals surface area contributed by atoms with E-state index in [1.165, 1.54) is 11.0 Å². The zero-order chi connectivity index (χ0) is 19.9. The molecule has 0 spiro atoms. The number of halogens is 1. The highest BCUT2D eigenvalue weighted by atomic mass is 19.1. The smallest absolute Gasteiger partial charge is 0.241 e. The second kappa shape index (κ2) is 9.21. The van der Waals surface area contributed by atoms with Gasteiger partial charge in [0.25, 0.3) is 0 Å². The topological polar surface area (TPSA) is 66.0 Å². The van der Waals surface area contributed by atoms with E-state index >= 15 is 0 Å². The Morgan fingerprint density at radius 3 is 2.75 bits per heavy atom. The number of aliphatic imine (C=N–C) groups is 1. The van der Waals surface area contributed by atoms with Gasteiger partial charge in [-0.05, 0) is 12.1 Å². The van der Waals surface area contributed by atoms with E-state index < -0.39 is 0 Å². The van der Waals surface area contributed by atoms with Gasteiger partial charge in [0.2, 0.25) is 5.91 Å². The van der Waals surface area contributed by atoms with Crippen LogP contribution in [0, 0.1) is 5.82 Å². The summed E-state index contributed by atoms with van der Waals surface area (Å²) in [5.74, 6) is 0.920. The number of hydrogen-bond acceptors (Lipinski definition) is 3. The minimum absolute atomic E-state index is 0.00808. The molecule has 0 aliphatic carbocycles. The molecule has 1 atom stereocenters. The Labute approximate surface area is 164 Å². The fourth-order valence-corrected chi connectivity index (χ4v) is 2.92. The van der Waals surface area contributed by atoms with Crippen molar-refractivity contribution in [3.05, 3.63) is 65.5 Å². The third kappa shape index (κ3) is 5.00. The first-order valence-corrected chi connectivity index (χ1v) is 9.24. The summed E-state index contributed by atoms with van der Waals surface area (Å²) in [7, 11) is 3.39. The Hall–Kier alpha value is -3.09. The maximum Gasteiger partial charge on any atom is 0.241 e. The molecule has 148 valence electrons. The van der Waals surface area contributed by atoms with Crippen molar-refractivity contribution in [1.82, 2.24) is 15.5 Å². The fourth-order valence-electron chi connectivity index (χ4n) is 2.92. The number of carbonyl (C=O) groups is 1. The van der Waals surface area contributed by atoms with Gasteiger partial charge in [-0.1, -0.05) is 36.4 Å². The Morgan fingerprint density at radius 1 is 1.21 bits per heavy atom. The molecule has 0 aromatic heterocycles. The summed E-state index contributed by atoms with van der Waals surface area (Å²) in [6.07, 6.45) is 0.763. The van der Waals surface area contributed by atoms with Crippen LogP contribution in [0.5, 0.6) is 5.75 Å². The second-order valence-electron chi connectivity index (χ2n) is 6.77. The van der Waals surface area contributed by atoms with Gasteiger partial charge in [0.1, 0.15) is 11.6 Å². The average molecular weight is 384 g/mol. The number of nitrogens with zero attached hydrogens (tertiary/aromatic N) is 2. The van der Waals surface area contributed by atoms with Crippen molar-refractivity contribution in [3.8, 4) is 5.75 Å². The highest BCUT2D eigenvalue weighted by Gasteiger charge is 2.22. The minimum atomic E-state index is -0.300. The first kappa shape index (κ1) is 19.7. The first-order chi connectivity index (χ1) is 13.5. The molecule has 3 rings (SSSR count). The Balaban J connectivity index is 1.77. The van der Waals surface area contributed by atoms with E-state index in [1.807, 2.05) is 24.3 Å². The highest BCUT2D eigenvalue weighted by Crippen LogP contribution is 2.31. The normalized spacial score (nSPS) is 16.0. The SMILES string of the molecule is CN(C)C(=O)CNC(=NCc1ccccc1F)NC1CCOc2ccccc21. The zero-order valence-electron chi connectivity index (χ0n) is 16.1. The first-order valence-electron chi connectivity index (χ1n) is 9.24. The molecule has 6 nitrogen and oxygen atoms in total. The zero-order valence-corrected chi connectivity index (χ0v) is 16.1. The standard InChI is InChI=1S/C21H25FN4O2/c1-26(2)20(27)14-24-21(23-13-15-7-3-5-9-17(15)22)25-18-11-12-28-19-10-6-4-8-16(18)19/h3-10,18H,11-14H2,1-2H3,(H2,23,24,25). The summed E-state index contributed by atoms with van der Waals surface area (Å²) in [6.45, 7) is 0.857. The summed E-state index contributed by atoms with van der Waals surface area (Å²) < 4.78 is 19.6. The van der Waals surface area contributed by atoms with Gasteiger partial charge in [-0.15, -0.1) is 0 Å². The average Bonchev–Trinajstić information content (AvgIpc) is 2.71. The van der Waals surface area contributed by atoms with Crippen LogP contribution in [0.1, 0.15) is 23.6 Å². The van der Waals surface area contributed by atoms with Crippen molar-refractivity contribution in [2.45, 2.75) is 19.0 Å². The van der Waals surface area contributed by atoms with Crippen LogP contribution in [0.2, 0.25) is 0 Å². The molecule has 0 fully saturated rings. The fraction of sp³-hybridized carbons (Fsp3) is 0.333. The van der Waals surface area contributed by atoms with E-state index in [0.29, 0.717) is 18.1 Å². The van der Waals surface area contributed by atoms with Crippen molar-refractivity contribution in [2.24, 2.45) is 4.99 Å². The molecule has 0 saturated heterocycles. The number of nitrogens with one attached hydrogen (secondary N) is 2. The summed E-state index contributed by atoms with van der Waals surface area (Å²) >= 11 is 0. The van der Waals surface area contributed by atoms with Gasteiger partial charge in [-0.3, -0.25) is 4.79 Å². The molecular formula is C21H25FN4O2. The van der Waals surface area contributed by atoms with Gasteiger partial charge < -0.3 is 20.3 Å². The maximum absolute atomic E-state index is 13.9. The van der Waals surface area contributed by atoms with Crippen molar-refractivity contribution in [1.29, 1.82) is 0 Å². The molecule has 1 aliphatic rings. The van der Waals surface area contributed by atoms with E-state index in [9.17, 15) is 9.18 Å². The van der Waals surface area contributed by atoms with Gasteiger partial charge in [-0.2, -0.15) is 0 Å². The van der Waals surface area contributed by atoms with Crippen molar-refractivity contribution >= 4 is 11.9 Å². The minimum Gasteiger partial charge on any atom is -0.493 e. The second-order valence-corrected chi connectivity index (χ2v) is 6.77. The summed E-state index contributed by atoms with van der Waals surface area (Å²) in [5, 5.41) is 6.41. The molecule has 0 bridgehead atoms. The van der Waals surface area contributed by atoms with Gasteiger partial charge in [0, 0.05) is 31.6 Å². The third-order valence-electron chi connectivity index (χ3n) is 4.54. The number of para-hydroxylation sites is 1. The largest absolute Gasteiger partial charge is 0.493 e. The van der Waals surface area contributed by atoms with Gasteiger partial charge in [0.15, 0.2) is 5.96 Å². The lowest BCUT2D eigenvalue weighted by Crippen LogP contribution is -2.45. The van der Waals surface area contributed by atoms with Crippen LogP contribution in [-0.4, -0.2) is 44.0 Å². The van der Waals surface area contributed by atoms with E-state index in [4.69, 9.17) is 4.74 Å². The number of fused-ring (bicyclic) bond motifs is 1. The van der Waals surface area contributed by atoms with Gasteiger partial charge >= 0.3 is 0 Å². The number of guanidine groups is 1. The van der Waals surface area contributed by atoms with Crippen LogP contribution in [0.3, 0.4) is 0 Å². The number of hydrogen-bond donors (Lipinski definition) is 2. The molecule has 1 heterocycles. The van der Waals surface area contributed by atoms with E-state index in [-0.39, 0.29) is 30.9 Å². The molecule has 2 N–H and O–H groups in total. The van der Waals surface area contributed by atoms with E-state index in [0.717, 1.165) is 17.7 Å². The number of likely N-dealkylation sites (N-methyl/N-ethyl adjacent to an activating group) is 1. The molecule has 1 unspecified atom stereocenters. The summed E-state index contributed by atoms with van der Waals surface area (Å²) in [6, 6.07) is 14.4. The Bertz CT molecular complexity index is 854. The van der Waals surface area contributed by atoms with Crippen LogP contribution in [0.4, 0.5) is 4.39 Å². The number of amides is 1. The molecule has 2 aromatic rings. The van der Waals surface area contributed by atoms with Gasteiger partial charge in [-0.25, -0.2) is 9.38 Å². The van der Waals surface area contributed by atoms with E-state index in [2.05, 4.69) is 15.6 Å². The lowest BCUT2D eigenvalue weighted by molar-refractivity contribution is -0.127. The Kier molecular flexibility index (Phi) is 6.47. The van der Waals surface area contributed by atoms with Crippen molar-refractivity contribution < 1.29 is 13.9 Å². The quantitative estimate of drug-likeness (QED) is 0.614. The monoisotopic (exact) mass is 384 g/mol. The van der Waals surface area contributed by atoms with Crippen molar-refractivity contribution in [3.63, 3.8) is 0 Å². The molecule has 28 heavy (non-hydrogen) atoms. The Morgan fingerprint density at radius 2 is 1.96 bits per heavy atom. The molecule has 1 amide bonds. The van der Waals surface area contributed by atoms with Crippen LogP contribution in [0.15, 0.2) is 53.5 Å². The maximum atomic E-state index is 13.9. The van der Waals surface area contributed by atoms with Crippen LogP contribution < -0.4 is 15.4 Å². The molecular weight excluding hydrogens is 359 g/mol. The summed E-state index contributed by atoms with van der Waals surface area (Å²) in [4.78, 5) is 18.0. The molecule has 2 aromatic carbocycles. The third-order valence-corrected chi connectivity index (χ3v) is 4.54. The molecule has 1 aliphatic heterocycles. The lowest BCUT2D eigenvalue weighted by Gasteiger charge is -2.28. The molecule has 0 saturated carbocycles. The van der Waals surface area contributed by atoms with Gasteiger partial charge in [0.05, 0.1) is 25.7 Å². The lowest BCUT2D eigenvalue weighted by atomic mass is 10.0. The number of benzene rings is 2. The van der Waals surface area contributed by atoms with Crippen LogP contribution in [0.25, 0.3) is 0 Å². The predicted molar refractivity (Wildman–Crippen MR) is 107 cm³/mol. The van der Waals surface area contributed by atoms with E-state index in [1.54, 1.807) is 32.3 Å². The van der Waals surface area contributed by atoms with Crippen LogP contribution in [-0.2, 0) is 11.3 Å². The molecule has 7 heteroatoms. The molecule has 0 radical (unpaired) electrons. The highest BCUT2D eigenvalue weighted by molar-refractivity contribution is 5.86. The number of carbonyl (C=O) groups excluding carboxylic acids is 1.